The van der Waals surface area contributed by atoms with Gasteiger partial charge in [0.05, 0.1) is 11.7 Å². The lowest BCUT2D eigenvalue weighted by Crippen LogP contribution is -2.60. The number of sulfonamides is 1. The lowest BCUT2D eigenvalue weighted by atomic mass is 10.1. The zero-order valence-corrected chi connectivity index (χ0v) is 15.3. The van der Waals surface area contributed by atoms with Crippen molar-refractivity contribution in [3.05, 3.63) is 47.2 Å². The van der Waals surface area contributed by atoms with Gasteiger partial charge in [0, 0.05) is 25.7 Å². The topological polar surface area (TPSA) is 78.8 Å². The van der Waals surface area contributed by atoms with Gasteiger partial charge in [-0.3, -0.25) is 0 Å². The Bertz CT molecular complexity index is 1030. The summed E-state index contributed by atoms with van der Waals surface area (Å²) in [6, 6.07) is 9.35. The molecule has 5 rings (SSSR count). The number of hydrogen-bond acceptors (Lipinski definition) is 6. The number of rotatable bonds is 2. The second-order valence-corrected chi connectivity index (χ2v) is 8.66. The van der Waals surface area contributed by atoms with Crippen LogP contribution in [0.4, 0.5) is 5.82 Å². The minimum atomic E-state index is -3.58. The Labute approximate surface area is 152 Å². The number of amidine groups is 1. The number of aromatic nitrogens is 2. The SMILES string of the molecule is CN(C1=NS(=O)(=O)c2ccccc21)C1CN(c2cc3c(nn2)CCC3)C1. The fourth-order valence-corrected chi connectivity index (χ4v) is 5.12. The van der Waals surface area contributed by atoms with E-state index in [4.69, 9.17) is 0 Å². The summed E-state index contributed by atoms with van der Waals surface area (Å²) >= 11 is 0. The molecule has 0 unspecified atom stereocenters. The van der Waals surface area contributed by atoms with Gasteiger partial charge in [-0.25, -0.2) is 0 Å². The van der Waals surface area contributed by atoms with E-state index in [1.54, 1.807) is 12.1 Å². The van der Waals surface area contributed by atoms with Crippen LogP contribution in [0.25, 0.3) is 0 Å². The second kappa shape index (κ2) is 5.51. The maximum absolute atomic E-state index is 12.2. The van der Waals surface area contributed by atoms with Crippen LogP contribution in [0, 0.1) is 0 Å². The summed E-state index contributed by atoms with van der Waals surface area (Å²) in [4.78, 5) is 4.45. The van der Waals surface area contributed by atoms with Gasteiger partial charge in [0.15, 0.2) is 11.7 Å². The summed E-state index contributed by atoms with van der Waals surface area (Å²) in [7, 11) is -1.67. The zero-order chi connectivity index (χ0) is 17.9. The molecule has 0 amide bonds. The molecule has 2 aromatic rings. The molecule has 134 valence electrons. The van der Waals surface area contributed by atoms with Crippen LogP contribution in [-0.2, 0) is 22.9 Å². The molecule has 8 heteroatoms. The van der Waals surface area contributed by atoms with Gasteiger partial charge < -0.3 is 9.80 Å². The van der Waals surface area contributed by atoms with E-state index >= 15 is 0 Å². The maximum Gasteiger partial charge on any atom is 0.285 e. The van der Waals surface area contributed by atoms with E-state index in [0.29, 0.717) is 16.3 Å². The number of anilines is 1. The monoisotopic (exact) mass is 369 g/mol. The highest BCUT2D eigenvalue weighted by atomic mass is 32.2. The Hall–Kier alpha value is -2.48. The van der Waals surface area contributed by atoms with Crippen LogP contribution in [0.3, 0.4) is 0 Å². The van der Waals surface area contributed by atoms with Crippen LogP contribution in [0.5, 0.6) is 0 Å². The van der Waals surface area contributed by atoms with Gasteiger partial charge >= 0.3 is 0 Å². The number of nitrogens with zero attached hydrogens (tertiary/aromatic N) is 5. The van der Waals surface area contributed by atoms with Crippen LogP contribution in [0.2, 0.25) is 0 Å². The number of likely N-dealkylation sites (N-methyl/N-ethyl adjacent to an activating group) is 1. The molecule has 3 aliphatic rings. The molecular weight excluding hydrogens is 350 g/mol. The van der Waals surface area contributed by atoms with Gasteiger partial charge in [0.1, 0.15) is 4.90 Å². The van der Waals surface area contributed by atoms with Crippen molar-refractivity contribution < 1.29 is 8.42 Å². The Morgan fingerprint density at radius 1 is 1.15 bits per heavy atom. The molecule has 26 heavy (non-hydrogen) atoms. The van der Waals surface area contributed by atoms with Crippen LogP contribution in [0.1, 0.15) is 23.2 Å². The summed E-state index contributed by atoms with van der Waals surface area (Å²) < 4.78 is 28.5. The summed E-state index contributed by atoms with van der Waals surface area (Å²) in [6.07, 6.45) is 3.27. The van der Waals surface area contributed by atoms with Gasteiger partial charge in [0.2, 0.25) is 0 Å². The van der Waals surface area contributed by atoms with Crippen LogP contribution in [-0.4, -0.2) is 55.5 Å². The summed E-state index contributed by atoms with van der Waals surface area (Å²) in [5.74, 6) is 1.45. The third-order valence-electron chi connectivity index (χ3n) is 5.49. The molecule has 0 radical (unpaired) electrons. The first-order valence-corrected chi connectivity index (χ1v) is 10.2. The van der Waals surface area contributed by atoms with Crippen molar-refractivity contribution in [2.24, 2.45) is 4.40 Å². The zero-order valence-electron chi connectivity index (χ0n) is 14.5. The highest BCUT2D eigenvalue weighted by molar-refractivity contribution is 7.90. The fourth-order valence-electron chi connectivity index (χ4n) is 3.87. The number of fused-ring (bicyclic) bond motifs is 2. The molecule has 1 saturated heterocycles. The molecule has 0 atom stereocenters. The van der Waals surface area contributed by atoms with Gasteiger partial charge in [-0.1, -0.05) is 12.1 Å². The van der Waals surface area contributed by atoms with Crippen molar-refractivity contribution >= 4 is 21.7 Å². The number of aryl methyl sites for hydroxylation is 2. The Morgan fingerprint density at radius 2 is 1.96 bits per heavy atom. The summed E-state index contributed by atoms with van der Waals surface area (Å²) in [5, 5.41) is 8.70. The van der Waals surface area contributed by atoms with Crippen molar-refractivity contribution in [3.63, 3.8) is 0 Å². The Morgan fingerprint density at radius 3 is 2.81 bits per heavy atom. The molecule has 0 spiro atoms. The summed E-state index contributed by atoms with van der Waals surface area (Å²) in [5.41, 5.74) is 3.13. The van der Waals surface area contributed by atoms with Gasteiger partial charge in [-0.05, 0) is 43.0 Å². The fraction of sp³-hybridized carbons (Fsp3) is 0.389. The molecule has 7 nitrogen and oxygen atoms in total. The van der Waals surface area contributed by atoms with Gasteiger partial charge in [-0.15, -0.1) is 9.50 Å². The molecule has 1 fully saturated rings. The molecule has 1 aliphatic carbocycles. The molecule has 3 heterocycles. The number of benzene rings is 1. The first-order valence-electron chi connectivity index (χ1n) is 8.80. The normalized spacial score (nSPS) is 20.3. The molecule has 1 aromatic heterocycles. The van der Waals surface area contributed by atoms with E-state index in [-0.39, 0.29) is 6.04 Å². The molecule has 1 aromatic carbocycles. The van der Waals surface area contributed by atoms with Crippen LogP contribution < -0.4 is 4.90 Å². The Balaban J connectivity index is 1.34. The van der Waals surface area contributed by atoms with E-state index in [1.165, 1.54) is 5.56 Å². The van der Waals surface area contributed by atoms with Crippen molar-refractivity contribution in [2.75, 3.05) is 25.0 Å². The highest BCUT2D eigenvalue weighted by Gasteiger charge is 2.38. The predicted molar refractivity (Wildman–Crippen MR) is 98.0 cm³/mol. The lowest BCUT2D eigenvalue weighted by Gasteiger charge is -2.45. The van der Waals surface area contributed by atoms with E-state index in [9.17, 15) is 8.42 Å². The van der Waals surface area contributed by atoms with E-state index in [0.717, 1.165) is 43.9 Å². The Kier molecular flexibility index (Phi) is 3.34. The van der Waals surface area contributed by atoms with E-state index < -0.39 is 10.0 Å². The molecule has 0 N–H and O–H groups in total. The molecule has 0 saturated carbocycles. The van der Waals surface area contributed by atoms with Crippen molar-refractivity contribution in [1.82, 2.24) is 15.1 Å². The highest BCUT2D eigenvalue weighted by Crippen LogP contribution is 2.31. The smallest absolute Gasteiger partial charge is 0.285 e. The van der Waals surface area contributed by atoms with Crippen molar-refractivity contribution in [2.45, 2.75) is 30.2 Å². The van der Waals surface area contributed by atoms with E-state index in [2.05, 4.69) is 25.6 Å². The molecular formula is C18H19N5O2S. The number of hydrogen-bond donors (Lipinski definition) is 0. The first-order chi connectivity index (χ1) is 12.5. The van der Waals surface area contributed by atoms with Crippen molar-refractivity contribution in [3.8, 4) is 0 Å². The third kappa shape index (κ3) is 2.32. The summed E-state index contributed by atoms with van der Waals surface area (Å²) in [6.45, 7) is 1.57. The largest absolute Gasteiger partial charge is 0.352 e. The minimum absolute atomic E-state index is 0.199. The molecule has 2 aliphatic heterocycles. The standard InChI is InChI=1S/C18H19N5O2S/c1-22(18-14-6-2-3-8-16(14)26(24,25)21-18)13-10-23(11-13)17-9-12-5-4-7-15(12)19-20-17/h2-3,6,8-9,13H,4-5,7,10-11H2,1H3. The lowest BCUT2D eigenvalue weighted by molar-refractivity contribution is 0.303. The van der Waals surface area contributed by atoms with Crippen LogP contribution >= 0.6 is 0 Å². The maximum atomic E-state index is 12.2. The molecule has 0 bridgehead atoms. The predicted octanol–water partition coefficient (Wildman–Crippen LogP) is 1.23. The average molecular weight is 369 g/mol. The van der Waals surface area contributed by atoms with Crippen LogP contribution in [0.15, 0.2) is 39.6 Å². The van der Waals surface area contributed by atoms with Gasteiger partial charge in [0.25, 0.3) is 10.0 Å². The third-order valence-corrected chi connectivity index (χ3v) is 6.81. The average Bonchev–Trinajstić information content (AvgIpc) is 3.16. The minimum Gasteiger partial charge on any atom is -0.352 e. The van der Waals surface area contributed by atoms with E-state index in [1.807, 2.05) is 24.1 Å². The van der Waals surface area contributed by atoms with Gasteiger partial charge in [-0.2, -0.15) is 13.5 Å². The quantitative estimate of drug-likeness (QED) is 0.792. The first kappa shape index (κ1) is 15.7. The van der Waals surface area contributed by atoms with Crippen molar-refractivity contribution in [1.29, 1.82) is 0 Å². The second-order valence-electron chi connectivity index (χ2n) is 7.08.